The lowest BCUT2D eigenvalue weighted by atomic mass is 10.1. The van der Waals surface area contributed by atoms with Crippen LogP contribution in [0.5, 0.6) is 0 Å². The second kappa shape index (κ2) is 5.81. The van der Waals surface area contributed by atoms with Crippen molar-refractivity contribution in [2.24, 2.45) is 5.92 Å². The molecule has 6 nitrogen and oxygen atoms in total. The molecule has 0 aromatic heterocycles. The van der Waals surface area contributed by atoms with E-state index in [1.165, 1.54) is 4.90 Å². The second-order valence-corrected chi connectivity index (χ2v) is 5.73. The van der Waals surface area contributed by atoms with Crippen LogP contribution in [0.15, 0.2) is 0 Å². The number of hydrogen-bond acceptors (Lipinski definition) is 3. The number of carbonyl (C=O) groups excluding carboxylic acids is 2. The summed E-state index contributed by atoms with van der Waals surface area (Å²) in [5.74, 6) is -1.49. The van der Waals surface area contributed by atoms with Crippen LogP contribution in [0.4, 0.5) is 0 Å². The first-order chi connectivity index (χ1) is 9.45. The van der Waals surface area contributed by atoms with Gasteiger partial charge in [-0.1, -0.05) is 6.92 Å². The van der Waals surface area contributed by atoms with Crippen LogP contribution >= 0.6 is 0 Å². The Kier molecular flexibility index (Phi) is 4.30. The van der Waals surface area contributed by atoms with Gasteiger partial charge >= 0.3 is 5.97 Å². The first-order valence-electron chi connectivity index (χ1n) is 7.28. The van der Waals surface area contributed by atoms with E-state index in [-0.39, 0.29) is 30.2 Å². The summed E-state index contributed by atoms with van der Waals surface area (Å²) in [6.07, 6.45) is 2.30. The molecule has 2 amide bonds. The molecular weight excluding hydrogens is 260 g/mol. The molecule has 0 aromatic carbocycles. The number of aliphatic carboxylic acids is 1. The molecule has 2 heterocycles. The van der Waals surface area contributed by atoms with Gasteiger partial charge in [0.2, 0.25) is 11.8 Å². The van der Waals surface area contributed by atoms with Gasteiger partial charge in [-0.2, -0.15) is 0 Å². The number of nitrogens with zero attached hydrogens (tertiary/aromatic N) is 2. The number of carboxylic acid groups (broad SMARTS) is 1. The van der Waals surface area contributed by atoms with E-state index < -0.39 is 12.0 Å². The van der Waals surface area contributed by atoms with Crippen molar-refractivity contribution in [3.8, 4) is 0 Å². The quantitative estimate of drug-likeness (QED) is 0.823. The van der Waals surface area contributed by atoms with Crippen LogP contribution < -0.4 is 0 Å². The van der Waals surface area contributed by atoms with E-state index in [0.717, 1.165) is 12.8 Å². The molecule has 112 valence electrons. The Morgan fingerprint density at radius 1 is 1.45 bits per heavy atom. The van der Waals surface area contributed by atoms with Gasteiger partial charge in [0.25, 0.3) is 0 Å². The van der Waals surface area contributed by atoms with Crippen molar-refractivity contribution >= 4 is 17.8 Å². The standard InChI is InChI=1S/C14H22N2O4/c1-3-9(2)16-8-10(7-12(16)17)13(18)15-6-4-5-11(15)14(19)20/h9-11H,3-8H2,1-2H3,(H,19,20). The molecule has 1 N–H and O–H groups in total. The predicted molar refractivity (Wildman–Crippen MR) is 71.9 cm³/mol. The Bertz CT molecular complexity index is 423. The predicted octanol–water partition coefficient (Wildman–Crippen LogP) is 0.709. The van der Waals surface area contributed by atoms with E-state index in [1.807, 2.05) is 13.8 Å². The molecule has 6 heteroatoms. The largest absolute Gasteiger partial charge is 0.480 e. The smallest absolute Gasteiger partial charge is 0.326 e. The molecule has 3 atom stereocenters. The van der Waals surface area contributed by atoms with Gasteiger partial charge in [0, 0.05) is 25.6 Å². The fourth-order valence-electron chi connectivity index (χ4n) is 3.07. The number of rotatable bonds is 4. The van der Waals surface area contributed by atoms with E-state index in [4.69, 9.17) is 5.11 Å². The second-order valence-electron chi connectivity index (χ2n) is 5.73. The summed E-state index contributed by atoms with van der Waals surface area (Å²) >= 11 is 0. The maximum absolute atomic E-state index is 12.4. The molecule has 2 aliphatic heterocycles. The fourth-order valence-corrected chi connectivity index (χ4v) is 3.07. The minimum Gasteiger partial charge on any atom is -0.480 e. The zero-order valence-corrected chi connectivity index (χ0v) is 12.0. The molecule has 0 radical (unpaired) electrons. The molecule has 3 unspecified atom stereocenters. The van der Waals surface area contributed by atoms with Gasteiger partial charge in [0.05, 0.1) is 5.92 Å². The van der Waals surface area contributed by atoms with Crippen LogP contribution in [0.25, 0.3) is 0 Å². The Morgan fingerprint density at radius 3 is 2.75 bits per heavy atom. The summed E-state index contributed by atoms with van der Waals surface area (Å²) in [4.78, 5) is 38.7. The number of amides is 2. The Hall–Kier alpha value is -1.59. The Labute approximate surface area is 118 Å². The van der Waals surface area contributed by atoms with E-state index in [9.17, 15) is 14.4 Å². The molecule has 2 saturated heterocycles. The van der Waals surface area contributed by atoms with Crippen LogP contribution in [0.3, 0.4) is 0 Å². The third-order valence-electron chi connectivity index (χ3n) is 4.45. The van der Waals surface area contributed by atoms with Crippen molar-refractivity contribution in [1.82, 2.24) is 9.80 Å². The topological polar surface area (TPSA) is 77.9 Å². The number of carboxylic acids is 1. The van der Waals surface area contributed by atoms with Crippen LogP contribution in [0, 0.1) is 5.92 Å². The SMILES string of the molecule is CCC(C)N1CC(C(=O)N2CCCC2C(=O)O)CC1=O. The minimum atomic E-state index is -0.945. The maximum Gasteiger partial charge on any atom is 0.326 e. The third-order valence-corrected chi connectivity index (χ3v) is 4.45. The van der Waals surface area contributed by atoms with Gasteiger partial charge in [-0.15, -0.1) is 0 Å². The maximum atomic E-state index is 12.4. The molecule has 2 rings (SSSR count). The van der Waals surface area contributed by atoms with Crippen molar-refractivity contribution < 1.29 is 19.5 Å². The molecule has 0 bridgehead atoms. The number of hydrogen-bond donors (Lipinski definition) is 1. The molecule has 0 spiro atoms. The van der Waals surface area contributed by atoms with E-state index in [1.54, 1.807) is 4.90 Å². The summed E-state index contributed by atoms with van der Waals surface area (Å²) in [6.45, 7) is 4.90. The van der Waals surface area contributed by atoms with Crippen molar-refractivity contribution in [3.05, 3.63) is 0 Å². The van der Waals surface area contributed by atoms with Crippen molar-refractivity contribution in [1.29, 1.82) is 0 Å². The van der Waals surface area contributed by atoms with Crippen LogP contribution in [0.1, 0.15) is 39.5 Å². The molecule has 20 heavy (non-hydrogen) atoms. The average molecular weight is 282 g/mol. The highest BCUT2D eigenvalue weighted by Gasteiger charge is 2.42. The zero-order chi connectivity index (χ0) is 14.9. The van der Waals surface area contributed by atoms with Crippen LogP contribution in [0.2, 0.25) is 0 Å². The molecule has 0 aliphatic carbocycles. The van der Waals surface area contributed by atoms with Gasteiger partial charge in [0.15, 0.2) is 0 Å². The van der Waals surface area contributed by atoms with E-state index in [2.05, 4.69) is 0 Å². The first kappa shape index (κ1) is 14.8. The summed E-state index contributed by atoms with van der Waals surface area (Å²) < 4.78 is 0. The summed E-state index contributed by atoms with van der Waals surface area (Å²) in [6, 6.07) is -0.579. The van der Waals surface area contributed by atoms with Crippen LogP contribution in [-0.4, -0.2) is 57.9 Å². The van der Waals surface area contributed by atoms with Gasteiger partial charge in [-0.3, -0.25) is 9.59 Å². The number of carbonyl (C=O) groups is 3. The van der Waals surface area contributed by atoms with Gasteiger partial charge in [-0.25, -0.2) is 4.79 Å². The minimum absolute atomic E-state index is 0.00349. The fraction of sp³-hybridized carbons (Fsp3) is 0.786. The van der Waals surface area contributed by atoms with Crippen LogP contribution in [-0.2, 0) is 14.4 Å². The summed E-state index contributed by atoms with van der Waals surface area (Å²) in [5, 5.41) is 9.13. The zero-order valence-electron chi connectivity index (χ0n) is 12.0. The highest BCUT2D eigenvalue weighted by Crippen LogP contribution is 2.27. The lowest BCUT2D eigenvalue weighted by Gasteiger charge is -2.26. The normalized spacial score (nSPS) is 28.0. The molecular formula is C14H22N2O4. The third kappa shape index (κ3) is 2.64. The lowest BCUT2D eigenvalue weighted by Crippen LogP contribution is -2.44. The van der Waals surface area contributed by atoms with Gasteiger partial charge in [-0.05, 0) is 26.2 Å². The Morgan fingerprint density at radius 2 is 2.15 bits per heavy atom. The monoisotopic (exact) mass is 282 g/mol. The summed E-state index contributed by atoms with van der Waals surface area (Å²) in [7, 11) is 0. The lowest BCUT2D eigenvalue weighted by molar-refractivity contribution is -0.149. The highest BCUT2D eigenvalue weighted by molar-refractivity contribution is 5.91. The van der Waals surface area contributed by atoms with Crippen molar-refractivity contribution in [3.63, 3.8) is 0 Å². The summed E-state index contributed by atoms with van der Waals surface area (Å²) in [5.41, 5.74) is 0. The highest BCUT2D eigenvalue weighted by atomic mass is 16.4. The molecule has 2 fully saturated rings. The molecule has 0 aromatic rings. The van der Waals surface area contributed by atoms with Crippen molar-refractivity contribution in [2.45, 2.75) is 51.6 Å². The van der Waals surface area contributed by atoms with E-state index in [0.29, 0.717) is 19.5 Å². The molecule has 2 aliphatic rings. The van der Waals surface area contributed by atoms with Gasteiger partial charge < -0.3 is 14.9 Å². The van der Waals surface area contributed by atoms with Crippen molar-refractivity contribution in [2.75, 3.05) is 13.1 Å². The average Bonchev–Trinajstić information content (AvgIpc) is 3.03. The molecule has 0 saturated carbocycles. The Balaban J connectivity index is 2.04. The first-order valence-corrected chi connectivity index (χ1v) is 7.28. The number of likely N-dealkylation sites (tertiary alicyclic amines) is 2. The van der Waals surface area contributed by atoms with Gasteiger partial charge in [0.1, 0.15) is 6.04 Å². The van der Waals surface area contributed by atoms with E-state index >= 15 is 0 Å².